The molecule has 2 heterocycles. The summed E-state index contributed by atoms with van der Waals surface area (Å²) in [4.78, 5) is 41.1. The Balaban J connectivity index is 1.38. The van der Waals surface area contributed by atoms with Crippen LogP contribution in [0.2, 0.25) is 0 Å². The first-order valence-corrected chi connectivity index (χ1v) is 11.7. The van der Waals surface area contributed by atoms with Crippen molar-refractivity contribution in [2.45, 2.75) is 33.4 Å². The highest BCUT2D eigenvalue weighted by Gasteiger charge is 2.25. The molecule has 0 unspecified atom stereocenters. The van der Waals surface area contributed by atoms with Gasteiger partial charge < -0.3 is 14.5 Å². The molecule has 1 aliphatic rings. The highest BCUT2D eigenvalue weighted by Crippen LogP contribution is 2.16. The Morgan fingerprint density at radius 3 is 2.37 bits per heavy atom. The largest absolute Gasteiger partial charge is 0.465 e. The maximum atomic E-state index is 13.1. The lowest BCUT2D eigenvalue weighted by molar-refractivity contribution is -0.130. The van der Waals surface area contributed by atoms with E-state index in [0.29, 0.717) is 43.9 Å². The van der Waals surface area contributed by atoms with Crippen LogP contribution in [-0.4, -0.2) is 64.1 Å². The third-order valence-electron chi connectivity index (χ3n) is 6.23. The minimum absolute atomic E-state index is 0.0102. The zero-order valence-electron chi connectivity index (χ0n) is 20.4. The standard InChI is InChI=1S/C27H30N4O4/c1-19-15-20(2)31(28-19)18-21-7-9-23(10-8-21)26(33)29-12-11-25(32)30(14-13-29)17-22-5-4-6-24(16-22)27(34)35-3/h4-10,15-16H,11-14,17-18H2,1-3H3. The van der Waals surface area contributed by atoms with Crippen molar-refractivity contribution in [3.63, 3.8) is 0 Å². The first-order chi connectivity index (χ1) is 16.8. The summed E-state index contributed by atoms with van der Waals surface area (Å²) in [5, 5.41) is 4.49. The number of benzene rings is 2. The quantitative estimate of drug-likeness (QED) is 0.512. The molecule has 1 aromatic heterocycles. The molecule has 8 heteroatoms. The minimum Gasteiger partial charge on any atom is -0.465 e. The van der Waals surface area contributed by atoms with Crippen LogP contribution in [-0.2, 0) is 22.6 Å². The normalized spacial score (nSPS) is 14.1. The van der Waals surface area contributed by atoms with Crippen LogP contribution < -0.4 is 0 Å². The molecule has 0 atom stereocenters. The van der Waals surface area contributed by atoms with Crippen LogP contribution in [0.3, 0.4) is 0 Å². The fraction of sp³-hybridized carbons (Fsp3) is 0.333. The summed E-state index contributed by atoms with van der Waals surface area (Å²) in [6.45, 7) is 6.29. The molecule has 0 spiro atoms. The number of rotatable bonds is 6. The third kappa shape index (κ3) is 5.77. The van der Waals surface area contributed by atoms with Crippen LogP contribution in [0, 0.1) is 13.8 Å². The highest BCUT2D eigenvalue weighted by molar-refractivity contribution is 5.94. The number of aryl methyl sites for hydroxylation is 2. The fourth-order valence-corrected chi connectivity index (χ4v) is 4.32. The number of amides is 2. The zero-order valence-corrected chi connectivity index (χ0v) is 20.4. The Morgan fingerprint density at radius 2 is 1.69 bits per heavy atom. The first-order valence-electron chi connectivity index (χ1n) is 11.7. The molecule has 8 nitrogen and oxygen atoms in total. The summed E-state index contributed by atoms with van der Waals surface area (Å²) in [5.41, 5.74) is 5.05. The highest BCUT2D eigenvalue weighted by atomic mass is 16.5. The zero-order chi connectivity index (χ0) is 24.9. The lowest BCUT2D eigenvalue weighted by atomic mass is 10.1. The predicted octanol–water partition coefficient (Wildman–Crippen LogP) is 3.21. The first kappa shape index (κ1) is 24.2. The van der Waals surface area contributed by atoms with Crippen molar-refractivity contribution in [1.82, 2.24) is 19.6 Å². The Kier molecular flexibility index (Phi) is 7.29. The molecule has 2 amide bonds. The van der Waals surface area contributed by atoms with Crippen molar-refractivity contribution in [3.05, 3.63) is 88.2 Å². The molecule has 182 valence electrons. The Hall–Kier alpha value is -3.94. The van der Waals surface area contributed by atoms with Gasteiger partial charge in [0.05, 0.1) is 24.9 Å². The van der Waals surface area contributed by atoms with E-state index < -0.39 is 5.97 Å². The summed E-state index contributed by atoms with van der Waals surface area (Å²) in [6, 6.07) is 16.7. The van der Waals surface area contributed by atoms with Gasteiger partial charge >= 0.3 is 5.97 Å². The second-order valence-corrected chi connectivity index (χ2v) is 8.83. The van der Waals surface area contributed by atoms with E-state index in [4.69, 9.17) is 4.74 Å². The average molecular weight is 475 g/mol. The molecule has 1 saturated heterocycles. The number of carbonyl (C=O) groups is 3. The van der Waals surface area contributed by atoms with E-state index in [1.54, 1.807) is 28.0 Å². The van der Waals surface area contributed by atoms with Gasteiger partial charge in [-0.15, -0.1) is 0 Å². The Labute approximate surface area is 205 Å². The molecule has 3 aromatic rings. The Bertz CT molecular complexity index is 1230. The van der Waals surface area contributed by atoms with Gasteiger partial charge in [-0.05, 0) is 55.3 Å². The maximum Gasteiger partial charge on any atom is 0.337 e. The second-order valence-electron chi connectivity index (χ2n) is 8.83. The van der Waals surface area contributed by atoms with Gasteiger partial charge in [0.1, 0.15) is 0 Å². The molecule has 0 N–H and O–H groups in total. The van der Waals surface area contributed by atoms with E-state index in [9.17, 15) is 14.4 Å². The van der Waals surface area contributed by atoms with Crippen molar-refractivity contribution >= 4 is 17.8 Å². The molecular weight excluding hydrogens is 444 g/mol. The molecule has 0 aliphatic carbocycles. The molecule has 0 bridgehead atoms. The topological polar surface area (TPSA) is 84.7 Å². The van der Waals surface area contributed by atoms with Crippen molar-refractivity contribution in [1.29, 1.82) is 0 Å². The number of hydrogen-bond donors (Lipinski definition) is 0. The fourth-order valence-electron chi connectivity index (χ4n) is 4.32. The van der Waals surface area contributed by atoms with Gasteiger partial charge in [0.15, 0.2) is 0 Å². The lowest BCUT2D eigenvalue weighted by Crippen LogP contribution is -2.35. The predicted molar refractivity (Wildman–Crippen MR) is 131 cm³/mol. The van der Waals surface area contributed by atoms with Gasteiger partial charge in [0, 0.05) is 43.9 Å². The van der Waals surface area contributed by atoms with E-state index in [0.717, 1.165) is 22.5 Å². The van der Waals surface area contributed by atoms with Gasteiger partial charge in [-0.3, -0.25) is 14.3 Å². The van der Waals surface area contributed by atoms with Crippen LogP contribution in [0.5, 0.6) is 0 Å². The number of esters is 1. The summed E-state index contributed by atoms with van der Waals surface area (Å²) in [7, 11) is 1.34. The number of aromatic nitrogens is 2. The van der Waals surface area contributed by atoms with Crippen LogP contribution in [0.4, 0.5) is 0 Å². The third-order valence-corrected chi connectivity index (χ3v) is 6.23. The number of nitrogens with zero attached hydrogens (tertiary/aromatic N) is 4. The van der Waals surface area contributed by atoms with E-state index in [-0.39, 0.29) is 18.2 Å². The van der Waals surface area contributed by atoms with Crippen LogP contribution in [0.1, 0.15) is 49.7 Å². The van der Waals surface area contributed by atoms with Crippen LogP contribution in [0.25, 0.3) is 0 Å². The van der Waals surface area contributed by atoms with E-state index >= 15 is 0 Å². The molecule has 0 saturated carbocycles. The van der Waals surface area contributed by atoms with Gasteiger partial charge in [0.2, 0.25) is 5.91 Å². The van der Waals surface area contributed by atoms with Gasteiger partial charge in [-0.25, -0.2) is 4.79 Å². The lowest BCUT2D eigenvalue weighted by Gasteiger charge is -2.22. The Morgan fingerprint density at radius 1 is 0.914 bits per heavy atom. The average Bonchev–Trinajstić information content (AvgIpc) is 3.06. The maximum absolute atomic E-state index is 13.1. The summed E-state index contributed by atoms with van der Waals surface area (Å²) >= 11 is 0. The molecule has 2 aromatic carbocycles. The second kappa shape index (κ2) is 10.5. The smallest absolute Gasteiger partial charge is 0.337 e. The van der Waals surface area contributed by atoms with Crippen molar-refractivity contribution in [2.24, 2.45) is 0 Å². The molecular formula is C27H30N4O4. The SMILES string of the molecule is COC(=O)c1cccc(CN2CCN(C(=O)c3ccc(Cn4nc(C)cc4C)cc3)CCC2=O)c1. The molecule has 0 radical (unpaired) electrons. The summed E-state index contributed by atoms with van der Waals surface area (Å²) in [6.07, 6.45) is 0.262. The number of ether oxygens (including phenoxy) is 1. The number of hydrogen-bond acceptors (Lipinski definition) is 5. The van der Waals surface area contributed by atoms with Crippen molar-refractivity contribution < 1.29 is 19.1 Å². The van der Waals surface area contributed by atoms with Crippen LogP contribution >= 0.6 is 0 Å². The monoisotopic (exact) mass is 474 g/mol. The van der Waals surface area contributed by atoms with E-state index in [1.807, 2.05) is 54.9 Å². The van der Waals surface area contributed by atoms with Gasteiger partial charge in [0.25, 0.3) is 5.91 Å². The molecule has 1 fully saturated rings. The molecule has 35 heavy (non-hydrogen) atoms. The van der Waals surface area contributed by atoms with Gasteiger partial charge in [-0.2, -0.15) is 5.10 Å². The molecule has 1 aliphatic heterocycles. The van der Waals surface area contributed by atoms with E-state index in [1.165, 1.54) is 7.11 Å². The van der Waals surface area contributed by atoms with Crippen molar-refractivity contribution in [2.75, 3.05) is 26.7 Å². The van der Waals surface area contributed by atoms with Crippen molar-refractivity contribution in [3.8, 4) is 0 Å². The minimum atomic E-state index is -0.410. The van der Waals surface area contributed by atoms with Crippen LogP contribution in [0.15, 0.2) is 54.6 Å². The number of carbonyl (C=O) groups excluding carboxylic acids is 3. The summed E-state index contributed by atoms with van der Waals surface area (Å²) < 4.78 is 6.73. The van der Waals surface area contributed by atoms with E-state index in [2.05, 4.69) is 5.10 Å². The number of methoxy groups -OCH3 is 1. The molecule has 4 rings (SSSR count). The summed E-state index contributed by atoms with van der Waals surface area (Å²) in [5.74, 6) is -0.499. The van der Waals surface area contributed by atoms with Gasteiger partial charge in [-0.1, -0.05) is 24.3 Å².